The Balaban J connectivity index is 0.000000142. The molecule has 1 unspecified atom stereocenters. The Bertz CT molecular complexity index is 568. The summed E-state index contributed by atoms with van der Waals surface area (Å²) < 4.78 is 0. The van der Waals surface area contributed by atoms with Crippen molar-refractivity contribution in [2.24, 2.45) is 23.2 Å². The SMILES string of the molecule is CC1(C(=O)O)C=CC=C(C(=O)O)C1.OC12CC3CC(CC(C3)C1)C2. The Labute approximate surface area is 142 Å². The van der Waals surface area contributed by atoms with Gasteiger partial charge in [0, 0.05) is 5.57 Å². The van der Waals surface area contributed by atoms with Gasteiger partial charge in [-0.15, -0.1) is 0 Å². The van der Waals surface area contributed by atoms with E-state index in [4.69, 9.17) is 10.2 Å². The van der Waals surface area contributed by atoms with Gasteiger partial charge < -0.3 is 15.3 Å². The van der Waals surface area contributed by atoms with Crippen LogP contribution in [0.3, 0.4) is 0 Å². The van der Waals surface area contributed by atoms with Gasteiger partial charge in [-0.25, -0.2) is 4.79 Å². The summed E-state index contributed by atoms with van der Waals surface area (Å²) in [5.41, 5.74) is -1.15. The highest BCUT2D eigenvalue weighted by Crippen LogP contribution is 2.55. The van der Waals surface area contributed by atoms with Crippen LogP contribution in [-0.4, -0.2) is 32.9 Å². The maximum atomic E-state index is 10.8. The minimum Gasteiger partial charge on any atom is -0.481 e. The molecule has 0 spiro atoms. The summed E-state index contributed by atoms with van der Waals surface area (Å²) in [5.74, 6) is 0.621. The van der Waals surface area contributed by atoms with E-state index >= 15 is 0 Å². The molecule has 0 aromatic rings. The number of rotatable bonds is 2. The van der Waals surface area contributed by atoms with E-state index in [1.165, 1.54) is 44.4 Å². The molecular formula is C19H26O5. The van der Waals surface area contributed by atoms with Crippen molar-refractivity contribution in [1.29, 1.82) is 0 Å². The Morgan fingerprint density at radius 1 is 1.04 bits per heavy atom. The fourth-order valence-electron chi connectivity index (χ4n) is 5.25. The molecule has 5 rings (SSSR count). The van der Waals surface area contributed by atoms with Crippen molar-refractivity contribution in [3.8, 4) is 0 Å². The number of allylic oxidation sites excluding steroid dienone is 2. The molecule has 3 N–H and O–H groups in total. The van der Waals surface area contributed by atoms with Crippen LogP contribution in [0.2, 0.25) is 0 Å². The zero-order chi connectivity index (χ0) is 17.5. The van der Waals surface area contributed by atoms with Gasteiger partial charge in [0.2, 0.25) is 0 Å². The van der Waals surface area contributed by atoms with Crippen LogP contribution in [-0.2, 0) is 9.59 Å². The number of hydrogen-bond donors (Lipinski definition) is 3. The van der Waals surface area contributed by atoms with E-state index < -0.39 is 17.4 Å². The van der Waals surface area contributed by atoms with Crippen LogP contribution in [0.15, 0.2) is 23.8 Å². The number of carboxylic acids is 2. The predicted octanol–water partition coefficient (Wildman–Crippen LogP) is 3.00. The van der Waals surface area contributed by atoms with Crippen molar-refractivity contribution in [3.63, 3.8) is 0 Å². The number of carbonyl (C=O) groups is 2. The average molecular weight is 334 g/mol. The van der Waals surface area contributed by atoms with Gasteiger partial charge in [0.1, 0.15) is 0 Å². The third-order valence-electron chi connectivity index (χ3n) is 6.09. The first-order valence-electron chi connectivity index (χ1n) is 8.77. The topological polar surface area (TPSA) is 94.8 Å². The molecule has 0 amide bonds. The maximum Gasteiger partial charge on any atom is 0.331 e. The third kappa shape index (κ3) is 3.41. The van der Waals surface area contributed by atoms with Gasteiger partial charge in [0.05, 0.1) is 11.0 Å². The summed E-state index contributed by atoms with van der Waals surface area (Å²) >= 11 is 0. The van der Waals surface area contributed by atoms with Gasteiger partial charge in [-0.3, -0.25) is 4.79 Å². The molecule has 4 fully saturated rings. The number of aliphatic hydroxyl groups is 1. The first-order chi connectivity index (χ1) is 11.2. The van der Waals surface area contributed by atoms with Gasteiger partial charge >= 0.3 is 11.9 Å². The summed E-state index contributed by atoms with van der Waals surface area (Å²) in [6, 6.07) is 0. The number of aliphatic carboxylic acids is 2. The molecule has 4 bridgehead atoms. The number of hydrogen-bond acceptors (Lipinski definition) is 3. The minimum absolute atomic E-state index is 0.0359. The fraction of sp³-hybridized carbons (Fsp3) is 0.684. The van der Waals surface area contributed by atoms with Crippen LogP contribution in [0.5, 0.6) is 0 Å². The molecule has 0 radical (unpaired) electrons. The lowest BCUT2D eigenvalue weighted by Gasteiger charge is -2.54. The molecule has 0 heterocycles. The van der Waals surface area contributed by atoms with Crippen molar-refractivity contribution >= 4 is 11.9 Å². The molecule has 0 aliphatic heterocycles. The quantitative estimate of drug-likeness (QED) is 0.721. The Morgan fingerprint density at radius 3 is 1.92 bits per heavy atom. The van der Waals surface area contributed by atoms with Crippen molar-refractivity contribution < 1.29 is 24.9 Å². The zero-order valence-corrected chi connectivity index (χ0v) is 14.1. The molecule has 0 aromatic heterocycles. The summed E-state index contributed by atoms with van der Waals surface area (Å²) in [7, 11) is 0. The van der Waals surface area contributed by atoms with Crippen LogP contribution in [0, 0.1) is 23.2 Å². The zero-order valence-electron chi connectivity index (χ0n) is 14.1. The first kappa shape index (κ1) is 17.2. The molecule has 4 saturated carbocycles. The highest BCUT2D eigenvalue weighted by atomic mass is 16.4. The summed E-state index contributed by atoms with van der Waals surface area (Å²) in [4.78, 5) is 21.3. The lowest BCUT2D eigenvalue weighted by molar-refractivity contribution is -0.145. The molecule has 132 valence electrons. The Morgan fingerprint density at radius 2 is 1.54 bits per heavy atom. The van der Waals surface area contributed by atoms with Gasteiger partial charge in [-0.1, -0.05) is 18.2 Å². The average Bonchev–Trinajstić information content (AvgIpc) is 2.45. The Kier molecular flexibility index (Phi) is 4.32. The second-order valence-corrected chi connectivity index (χ2v) is 8.40. The molecule has 1 atom stereocenters. The molecule has 5 aliphatic rings. The highest BCUT2D eigenvalue weighted by molar-refractivity contribution is 5.90. The molecule has 0 aromatic carbocycles. The van der Waals surface area contributed by atoms with Crippen molar-refractivity contribution in [2.45, 2.75) is 57.5 Å². The lowest BCUT2D eigenvalue weighted by atomic mass is 9.54. The van der Waals surface area contributed by atoms with E-state index in [1.54, 1.807) is 0 Å². The van der Waals surface area contributed by atoms with Gasteiger partial charge in [-0.2, -0.15) is 0 Å². The van der Waals surface area contributed by atoms with Gasteiger partial charge in [0.25, 0.3) is 0 Å². The third-order valence-corrected chi connectivity index (χ3v) is 6.09. The molecule has 24 heavy (non-hydrogen) atoms. The first-order valence-corrected chi connectivity index (χ1v) is 8.77. The predicted molar refractivity (Wildman–Crippen MR) is 88.3 cm³/mol. The smallest absolute Gasteiger partial charge is 0.331 e. The highest BCUT2D eigenvalue weighted by Gasteiger charge is 2.49. The van der Waals surface area contributed by atoms with E-state index in [-0.39, 0.29) is 17.6 Å². The molecule has 5 aliphatic carbocycles. The van der Waals surface area contributed by atoms with Crippen molar-refractivity contribution in [2.75, 3.05) is 0 Å². The fourth-order valence-corrected chi connectivity index (χ4v) is 5.25. The van der Waals surface area contributed by atoms with Crippen LogP contribution < -0.4 is 0 Å². The van der Waals surface area contributed by atoms with E-state index in [9.17, 15) is 14.7 Å². The van der Waals surface area contributed by atoms with Crippen LogP contribution >= 0.6 is 0 Å². The minimum atomic E-state index is -1.08. The summed E-state index contributed by atoms with van der Waals surface area (Å²) in [5, 5.41) is 27.6. The van der Waals surface area contributed by atoms with E-state index in [2.05, 4.69) is 0 Å². The van der Waals surface area contributed by atoms with E-state index in [1.807, 2.05) is 0 Å². The summed E-state index contributed by atoms with van der Waals surface area (Å²) in [6.07, 6.45) is 12.1. The van der Waals surface area contributed by atoms with Crippen LogP contribution in [0.25, 0.3) is 0 Å². The van der Waals surface area contributed by atoms with Crippen LogP contribution in [0.1, 0.15) is 51.9 Å². The normalized spacial score (nSPS) is 42.1. The van der Waals surface area contributed by atoms with Crippen molar-refractivity contribution in [3.05, 3.63) is 23.8 Å². The summed E-state index contributed by atoms with van der Waals surface area (Å²) in [6.45, 7) is 1.50. The second kappa shape index (κ2) is 6.03. The molecular weight excluding hydrogens is 308 g/mol. The largest absolute Gasteiger partial charge is 0.481 e. The van der Waals surface area contributed by atoms with Crippen molar-refractivity contribution in [1.82, 2.24) is 0 Å². The van der Waals surface area contributed by atoms with E-state index in [0.717, 1.165) is 37.0 Å². The molecule has 5 nitrogen and oxygen atoms in total. The van der Waals surface area contributed by atoms with Gasteiger partial charge in [-0.05, 0) is 69.6 Å². The van der Waals surface area contributed by atoms with E-state index in [0.29, 0.717) is 0 Å². The maximum absolute atomic E-state index is 10.8. The Hall–Kier alpha value is -1.62. The van der Waals surface area contributed by atoms with Gasteiger partial charge in [0.15, 0.2) is 0 Å². The molecule has 0 saturated heterocycles. The number of carboxylic acid groups (broad SMARTS) is 2. The standard InChI is InChI=1S/C10H16O.C9H10O4/c11-10-4-7-1-8(5-10)3-9(2-7)6-10;1-9(8(12)13)4-2-3-6(5-9)7(10)11/h7-9,11H,1-6H2;2-4H,5H2,1H3,(H,10,11)(H,12,13). The second-order valence-electron chi connectivity index (χ2n) is 8.40. The van der Waals surface area contributed by atoms with Crippen LogP contribution in [0.4, 0.5) is 0 Å². The monoisotopic (exact) mass is 334 g/mol. The molecule has 5 heteroatoms. The lowest BCUT2D eigenvalue weighted by Crippen LogP contribution is -2.50.